The molecule has 0 aromatic heterocycles. The summed E-state index contributed by atoms with van der Waals surface area (Å²) in [6.45, 7) is 13.0. The fourth-order valence-corrected chi connectivity index (χ4v) is 6.26. The van der Waals surface area contributed by atoms with Crippen LogP contribution in [-0.2, 0) is 6.42 Å². The van der Waals surface area contributed by atoms with E-state index in [4.69, 9.17) is 18.9 Å². The Balaban J connectivity index is 1.99. The summed E-state index contributed by atoms with van der Waals surface area (Å²) < 4.78 is 25.3. The average Bonchev–Trinajstić information content (AvgIpc) is 3.05. The van der Waals surface area contributed by atoms with Crippen molar-refractivity contribution in [2.24, 2.45) is 0 Å². The topological polar surface area (TPSA) is 77.4 Å². The van der Waals surface area contributed by atoms with Crippen molar-refractivity contribution in [2.75, 3.05) is 26.4 Å². The van der Waals surface area contributed by atoms with Crippen LogP contribution in [0.2, 0.25) is 0 Å². The van der Waals surface area contributed by atoms with Crippen molar-refractivity contribution >= 4 is 32.3 Å². The van der Waals surface area contributed by atoms with Crippen LogP contribution >= 0.6 is 0 Å². The van der Waals surface area contributed by atoms with E-state index in [0.717, 1.165) is 132 Å². The van der Waals surface area contributed by atoms with E-state index in [0.29, 0.717) is 38.6 Å². The molecule has 0 radical (unpaired) electrons. The third-order valence-corrected chi connectivity index (χ3v) is 8.77. The molecule has 1 atom stereocenters. The summed E-state index contributed by atoms with van der Waals surface area (Å²) in [6.07, 6.45) is 12.7. The van der Waals surface area contributed by atoms with Gasteiger partial charge >= 0.3 is 0 Å². The molecule has 0 bridgehead atoms. The number of aliphatic hydroxyl groups is 1. The first-order chi connectivity index (χ1) is 22.9. The molecule has 0 spiro atoms. The van der Waals surface area contributed by atoms with E-state index < -0.39 is 6.10 Å². The minimum Gasteiger partial charge on any atom is -0.504 e. The number of hydrogen-bond acceptors (Lipinski definition) is 6. The summed E-state index contributed by atoms with van der Waals surface area (Å²) >= 11 is 0. The van der Waals surface area contributed by atoms with E-state index >= 15 is 0 Å². The lowest BCUT2D eigenvalue weighted by Gasteiger charge is -2.20. The second kappa shape index (κ2) is 18.8. The molecule has 258 valence electrons. The molecule has 0 fully saturated rings. The Labute approximate surface area is 282 Å². The van der Waals surface area contributed by atoms with Crippen molar-refractivity contribution in [3.05, 3.63) is 42.0 Å². The van der Waals surface area contributed by atoms with E-state index in [1.807, 2.05) is 19.1 Å². The minimum absolute atomic E-state index is 0.118. The molecule has 0 saturated heterocycles. The van der Waals surface area contributed by atoms with E-state index in [1.54, 1.807) is 0 Å². The molecule has 6 heteroatoms. The van der Waals surface area contributed by atoms with Crippen LogP contribution in [0.3, 0.4) is 0 Å². The Morgan fingerprint density at radius 1 is 0.511 bits per heavy atom. The number of phenolic OH excluding ortho intramolecular Hbond substituents is 1. The molecule has 4 rings (SSSR count). The highest BCUT2D eigenvalue weighted by Crippen LogP contribution is 2.46. The fourth-order valence-electron chi connectivity index (χ4n) is 6.26. The van der Waals surface area contributed by atoms with Crippen molar-refractivity contribution in [3.63, 3.8) is 0 Å². The lowest BCUT2D eigenvalue weighted by atomic mass is 9.89. The first kappa shape index (κ1) is 36.5. The lowest BCUT2D eigenvalue weighted by molar-refractivity contribution is 0.195. The zero-order valence-electron chi connectivity index (χ0n) is 29.6. The fraction of sp³-hybridized carbons (Fsp3) is 0.561. The number of ether oxygens (including phenoxy) is 4. The van der Waals surface area contributed by atoms with Gasteiger partial charge in [0.1, 0.15) is 5.75 Å². The molecule has 0 amide bonds. The van der Waals surface area contributed by atoms with Gasteiger partial charge in [0.25, 0.3) is 0 Å². The first-order valence-electron chi connectivity index (χ1n) is 18.3. The van der Waals surface area contributed by atoms with Crippen molar-refractivity contribution < 1.29 is 29.2 Å². The van der Waals surface area contributed by atoms with Crippen molar-refractivity contribution in [3.8, 4) is 28.7 Å². The van der Waals surface area contributed by atoms with Crippen LogP contribution in [-0.4, -0.2) is 42.7 Å². The normalized spacial score (nSPS) is 12.2. The Morgan fingerprint density at radius 3 is 1.47 bits per heavy atom. The minimum atomic E-state index is -0.544. The molecule has 0 aliphatic carbocycles. The molecule has 0 heterocycles. The summed E-state index contributed by atoms with van der Waals surface area (Å²) in [4.78, 5) is 0. The van der Waals surface area contributed by atoms with Crippen LogP contribution < -0.4 is 18.9 Å². The molecule has 6 nitrogen and oxygen atoms in total. The molecule has 4 aromatic rings. The number of aliphatic hydroxyl groups excluding tert-OH is 1. The summed E-state index contributed by atoms with van der Waals surface area (Å²) in [5.41, 5.74) is 1.00. The van der Waals surface area contributed by atoms with Gasteiger partial charge in [-0.1, -0.05) is 79.1 Å². The van der Waals surface area contributed by atoms with Crippen LogP contribution in [0.25, 0.3) is 32.3 Å². The van der Waals surface area contributed by atoms with Crippen LogP contribution in [0.5, 0.6) is 28.7 Å². The second-order valence-corrected chi connectivity index (χ2v) is 13.0. The quantitative estimate of drug-likeness (QED) is 0.0653. The van der Waals surface area contributed by atoms with Crippen LogP contribution in [0, 0.1) is 0 Å². The highest BCUT2D eigenvalue weighted by atomic mass is 16.5. The van der Waals surface area contributed by atoms with Gasteiger partial charge in [-0.05, 0) is 113 Å². The largest absolute Gasteiger partial charge is 0.504 e. The maximum atomic E-state index is 11.2. The van der Waals surface area contributed by atoms with Crippen LogP contribution in [0.15, 0.2) is 36.4 Å². The van der Waals surface area contributed by atoms with Gasteiger partial charge in [-0.3, -0.25) is 0 Å². The van der Waals surface area contributed by atoms with Crippen molar-refractivity contribution in [1.29, 1.82) is 0 Å². The van der Waals surface area contributed by atoms with Gasteiger partial charge in [-0.2, -0.15) is 0 Å². The van der Waals surface area contributed by atoms with Crippen molar-refractivity contribution in [1.82, 2.24) is 0 Å². The number of fused-ring (bicyclic) bond motifs is 6. The van der Waals surface area contributed by atoms with Gasteiger partial charge in [-0.25, -0.2) is 0 Å². The van der Waals surface area contributed by atoms with E-state index in [2.05, 4.69) is 52.0 Å². The molecule has 2 N–H and O–H groups in total. The Morgan fingerprint density at radius 2 is 0.936 bits per heavy atom. The number of unbranched alkanes of at least 4 members (excludes halogenated alkanes) is 8. The predicted molar refractivity (Wildman–Crippen MR) is 196 cm³/mol. The maximum Gasteiger partial charge on any atom is 0.161 e. The van der Waals surface area contributed by atoms with E-state index in [9.17, 15) is 10.2 Å². The standard InChI is InChI=1S/C41H58O6/c1-6-10-14-18-44-31-23-30(22-29(5)42)41-35(24-31)32-25-37(43)38(45-19-15-11-7-2)26-33(32)34-27-39(46-20-16-12-8-3)40(28-36(34)41)47-21-17-13-9-4/h23-29,42-43H,6-22H2,1-5H3. The summed E-state index contributed by atoms with van der Waals surface area (Å²) in [7, 11) is 0. The summed E-state index contributed by atoms with van der Waals surface area (Å²) in [5.74, 6) is 2.85. The molecular weight excluding hydrogens is 588 g/mol. The molecule has 4 aromatic carbocycles. The highest BCUT2D eigenvalue weighted by Gasteiger charge is 2.20. The monoisotopic (exact) mass is 646 g/mol. The number of phenols is 1. The Bertz CT molecular complexity index is 1560. The smallest absolute Gasteiger partial charge is 0.161 e. The van der Waals surface area contributed by atoms with Crippen LogP contribution in [0.4, 0.5) is 0 Å². The number of aromatic hydroxyl groups is 1. The SMILES string of the molecule is CCCCCOc1cc(CC(C)O)c2c(c1)c1cc(O)c(OCCCCC)cc1c1cc(OCCCCC)c(OCCCCC)cc12. The van der Waals surface area contributed by atoms with Gasteiger partial charge in [0.05, 0.1) is 32.5 Å². The van der Waals surface area contributed by atoms with Crippen molar-refractivity contribution in [2.45, 2.75) is 124 Å². The second-order valence-electron chi connectivity index (χ2n) is 13.0. The Kier molecular flexibility index (Phi) is 14.6. The molecule has 0 aliphatic heterocycles. The van der Waals surface area contributed by atoms with Gasteiger partial charge in [-0.15, -0.1) is 0 Å². The summed E-state index contributed by atoms with van der Waals surface area (Å²) in [6, 6.07) is 12.2. The molecular formula is C41H58O6. The Hall–Kier alpha value is -3.38. The summed E-state index contributed by atoms with van der Waals surface area (Å²) in [5, 5.41) is 27.8. The average molecular weight is 647 g/mol. The van der Waals surface area contributed by atoms with Gasteiger partial charge in [0, 0.05) is 0 Å². The molecule has 0 saturated carbocycles. The number of hydrogen-bond donors (Lipinski definition) is 2. The van der Waals surface area contributed by atoms with Crippen LogP contribution in [0.1, 0.15) is 117 Å². The zero-order valence-corrected chi connectivity index (χ0v) is 29.6. The zero-order chi connectivity index (χ0) is 33.6. The third kappa shape index (κ3) is 9.82. The number of rotatable bonds is 22. The maximum absolute atomic E-state index is 11.2. The highest BCUT2D eigenvalue weighted by molar-refractivity contribution is 6.27. The van der Waals surface area contributed by atoms with Gasteiger partial charge in [0.15, 0.2) is 23.0 Å². The third-order valence-electron chi connectivity index (χ3n) is 8.77. The molecule has 47 heavy (non-hydrogen) atoms. The number of benzene rings is 4. The molecule has 0 aliphatic rings. The molecule has 1 unspecified atom stereocenters. The van der Waals surface area contributed by atoms with Gasteiger partial charge in [0.2, 0.25) is 0 Å². The first-order valence-corrected chi connectivity index (χ1v) is 18.3. The lowest BCUT2D eigenvalue weighted by Crippen LogP contribution is -2.07. The van der Waals surface area contributed by atoms with E-state index in [1.165, 1.54) is 0 Å². The van der Waals surface area contributed by atoms with E-state index in [-0.39, 0.29) is 5.75 Å². The van der Waals surface area contributed by atoms with Gasteiger partial charge < -0.3 is 29.2 Å². The predicted octanol–water partition coefficient (Wildman–Crippen LogP) is 11.1.